The number of hydrogen-bond donors (Lipinski definition) is 0. The molecule has 102 valence electrons. The van der Waals surface area contributed by atoms with Gasteiger partial charge >= 0.3 is 0 Å². The predicted molar refractivity (Wildman–Crippen MR) is 82.6 cm³/mol. The van der Waals surface area contributed by atoms with Crippen molar-refractivity contribution < 1.29 is 4.58 Å². The first-order valence-electron chi connectivity index (χ1n) is 7.04. The molecular weight excluding hydrogens is 230 g/mol. The van der Waals surface area contributed by atoms with Gasteiger partial charge in [-0.2, -0.15) is 12.5 Å². The maximum Gasteiger partial charge on any atom is 0.0795 e. The summed E-state index contributed by atoms with van der Waals surface area (Å²) in [7, 11) is 0. The second-order valence-corrected chi connectivity index (χ2v) is 4.95. The average Bonchev–Trinajstić information content (AvgIpc) is 2.44. The topological polar surface area (TPSA) is 3.01 Å². The summed E-state index contributed by atoms with van der Waals surface area (Å²) in [5.41, 5.74) is 3.90. The molecule has 0 aromatic rings. The van der Waals surface area contributed by atoms with Crippen LogP contribution in [0.2, 0.25) is 0 Å². The first kappa shape index (κ1) is 13.7. The van der Waals surface area contributed by atoms with Crippen LogP contribution in [0.25, 0.3) is 0 Å². The van der Waals surface area contributed by atoms with Crippen molar-refractivity contribution in [3.8, 4) is 0 Å². The molecule has 0 aromatic heterocycles. The van der Waals surface area contributed by atoms with Crippen molar-refractivity contribution in [2.45, 2.75) is 26.7 Å². The Morgan fingerprint density at radius 3 is 3.05 bits per heavy atom. The molecule has 0 aliphatic carbocycles. The summed E-state index contributed by atoms with van der Waals surface area (Å²) in [6.45, 7) is 13.5. The quantitative estimate of drug-likeness (QED) is 0.404. The predicted octanol–water partition coefficient (Wildman–Crippen LogP) is 4.07. The van der Waals surface area contributed by atoms with Gasteiger partial charge in [0.25, 0.3) is 0 Å². The van der Waals surface area contributed by atoms with E-state index in [0.717, 1.165) is 19.4 Å². The van der Waals surface area contributed by atoms with Crippen molar-refractivity contribution in [3.63, 3.8) is 0 Å². The van der Waals surface area contributed by atoms with E-state index in [9.17, 15) is 0 Å². The third-order valence-electron chi connectivity index (χ3n) is 3.84. The summed E-state index contributed by atoms with van der Waals surface area (Å²) >= 11 is 0. The van der Waals surface area contributed by atoms with E-state index in [1.807, 2.05) is 6.08 Å². The van der Waals surface area contributed by atoms with E-state index in [2.05, 4.69) is 62.7 Å². The SMILES string of the molecule is C=CCC1C(=C)C2=[N+](C[CH-]C=C2)[C-](CC)C1=C[CH-]C. The van der Waals surface area contributed by atoms with Crippen LogP contribution >= 0.6 is 0 Å². The summed E-state index contributed by atoms with van der Waals surface area (Å²) in [6, 6.07) is 1.42. The van der Waals surface area contributed by atoms with Crippen LogP contribution in [0.4, 0.5) is 0 Å². The fourth-order valence-corrected chi connectivity index (χ4v) is 3.00. The number of allylic oxidation sites excluding steroid dienone is 4. The minimum atomic E-state index is 0.373. The van der Waals surface area contributed by atoms with Gasteiger partial charge in [0, 0.05) is 5.71 Å². The minimum absolute atomic E-state index is 0.373. The van der Waals surface area contributed by atoms with Gasteiger partial charge in [0.15, 0.2) is 0 Å². The van der Waals surface area contributed by atoms with Gasteiger partial charge in [-0.3, -0.25) is 6.42 Å². The summed E-state index contributed by atoms with van der Waals surface area (Å²) in [4.78, 5) is 0. The number of rotatable bonds is 4. The van der Waals surface area contributed by atoms with E-state index in [1.54, 1.807) is 0 Å². The molecule has 0 radical (unpaired) electrons. The molecule has 0 amide bonds. The van der Waals surface area contributed by atoms with Gasteiger partial charge in [-0.05, 0) is 18.9 Å². The average molecular weight is 253 g/mol. The molecule has 0 saturated carbocycles. The van der Waals surface area contributed by atoms with Crippen LogP contribution in [0.15, 0.2) is 48.6 Å². The number of hydrogen-bond acceptors (Lipinski definition) is 0. The molecule has 2 aliphatic rings. The molecular formula is C18H23N-2. The second-order valence-electron chi connectivity index (χ2n) is 4.95. The van der Waals surface area contributed by atoms with Crippen LogP contribution in [0.1, 0.15) is 26.7 Å². The molecule has 0 N–H and O–H groups in total. The Labute approximate surface area is 117 Å². The zero-order chi connectivity index (χ0) is 13.8. The van der Waals surface area contributed by atoms with Crippen molar-refractivity contribution in [1.29, 1.82) is 0 Å². The first-order valence-corrected chi connectivity index (χ1v) is 7.04. The summed E-state index contributed by atoms with van der Waals surface area (Å²) in [5, 5.41) is 0. The van der Waals surface area contributed by atoms with Crippen LogP contribution in [0.5, 0.6) is 0 Å². The van der Waals surface area contributed by atoms with E-state index in [0.29, 0.717) is 5.92 Å². The number of nitrogens with zero attached hydrogens (tertiary/aromatic N) is 1. The molecule has 1 atom stereocenters. The Balaban J connectivity index is 2.51. The largest absolute Gasteiger partial charge is 0.344 e. The minimum Gasteiger partial charge on any atom is -0.344 e. The van der Waals surface area contributed by atoms with Crippen molar-refractivity contribution in [3.05, 3.63) is 67.5 Å². The van der Waals surface area contributed by atoms with E-state index in [1.165, 1.54) is 22.9 Å². The zero-order valence-electron chi connectivity index (χ0n) is 12.0. The molecule has 1 heteroatoms. The lowest BCUT2D eigenvalue weighted by Crippen LogP contribution is -2.38. The van der Waals surface area contributed by atoms with Crippen LogP contribution in [-0.2, 0) is 0 Å². The van der Waals surface area contributed by atoms with Gasteiger partial charge in [-0.25, -0.2) is 11.6 Å². The lowest BCUT2D eigenvalue weighted by Gasteiger charge is -2.47. The molecule has 0 saturated heterocycles. The van der Waals surface area contributed by atoms with Crippen molar-refractivity contribution in [1.82, 2.24) is 0 Å². The Hall–Kier alpha value is -1.76. The van der Waals surface area contributed by atoms with Gasteiger partial charge in [0.2, 0.25) is 0 Å². The van der Waals surface area contributed by atoms with E-state index >= 15 is 0 Å². The van der Waals surface area contributed by atoms with Gasteiger partial charge in [0.05, 0.1) is 6.54 Å². The lowest BCUT2D eigenvalue weighted by molar-refractivity contribution is -0.505. The zero-order valence-corrected chi connectivity index (χ0v) is 12.0. The Morgan fingerprint density at radius 2 is 2.42 bits per heavy atom. The normalized spacial score (nSPS) is 24.3. The Morgan fingerprint density at radius 1 is 1.63 bits per heavy atom. The van der Waals surface area contributed by atoms with E-state index < -0.39 is 0 Å². The standard InChI is InChI=1S/C18H23N/c1-5-10-15-14(4)18-12-8-9-13-19(18)17(7-3)16(15)11-6-2/h5-6,8-9,11-12,15H,1,4,7,10,13H2,2-3H3/q-2. The van der Waals surface area contributed by atoms with Crippen LogP contribution in [0, 0.1) is 24.8 Å². The molecule has 2 rings (SSSR count). The van der Waals surface area contributed by atoms with Gasteiger partial charge in [-0.1, -0.05) is 24.5 Å². The third kappa shape index (κ3) is 2.37. The van der Waals surface area contributed by atoms with E-state index in [4.69, 9.17) is 0 Å². The fraction of sp³-hybridized carbons (Fsp3) is 0.333. The van der Waals surface area contributed by atoms with Crippen LogP contribution < -0.4 is 0 Å². The molecule has 0 fully saturated rings. The Bertz CT molecular complexity index is 462. The maximum atomic E-state index is 4.34. The van der Waals surface area contributed by atoms with Crippen LogP contribution in [-0.4, -0.2) is 16.8 Å². The molecule has 1 unspecified atom stereocenters. The van der Waals surface area contributed by atoms with Crippen LogP contribution in [0.3, 0.4) is 0 Å². The highest BCUT2D eigenvalue weighted by molar-refractivity contribution is 6.06. The summed E-state index contributed by atoms with van der Waals surface area (Å²) in [5.74, 6) is 0.373. The fourth-order valence-electron chi connectivity index (χ4n) is 3.00. The third-order valence-corrected chi connectivity index (χ3v) is 3.84. The monoisotopic (exact) mass is 253 g/mol. The molecule has 0 spiro atoms. The molecule has 2 heterocycles. The smallest absolute Gasteiger partial charge is 0.0795 e. The highest BCUT2D eigenvalue weighted by Gasteiger charge is 2.26. The lowest BCUT2D eigenvalue weighted by atomic mass is 9.77. The molecule has 0 bridgehead atoms. The molecule has 1 nitrogen and oxygen atoms in total. The first-order chi connectivity index (χ1) is 9.24. The summed E-state index contributed by atoms with van der Waals surface area (Å²) < 4.78 is 2.40. The van der Waals surface area contributed by atoms with Crippen molar-refractivity contribution in [2.75, 3.05) is 6.54 Å². The molecule has 19 heavy (non-hydrogen) atoms. The van der Waals surface area contributed by atoms with Gasteiger partial charge in [-0.15, -0.1) is 20.1 Å². The Kier molecular flexibility index (Phi) is 4.26. The summed E-state index contributed by atoms with van der Waals surface area (Å²) in [6.07, 6.45) is 14.9. The molecule has 2 aliphatic heterocycles. The van der Waals surface area contributed by atoms with E-state index in [-0.39, 0.29) is 0 Å². The maximum absolute atomic E-state index is 4.34. The van der Waals surface area contributed by atoms with Crippen molar-refractivity contribution >= 4 is 5.71 Å². The van der Waals surface area contributed by atoms with Gasteiger partial charge in [0.1, 0.15) is 0 Å². The van der Waals surface area contributed by atoms with Crippen molar-refractivity contribution in [2.24, 2.45) is 5.92 Å². The second kappa shape index (κ2) is 5.92. The molecule has 0 aromatic carbocycles. The van der Waals surface area contributed by atoms with Gasteiger partial charge < -0.3 is 10.7 Å². The highest BCUT2D eigenvalue weighted by Crippen LogP contribution is 2.39. The highest BCUT2D eigenvalue weighted by atomic mass is 15.1.